The molecule has 0 N–H and O–H groups in total. The van der Waals surface area contributed by atoms with E-state index in [4.69, 9.17) is 42.6 Å². The molecular formula is C26H38O15. The standard InChI is InChI=1S/C26H38O15/c1-11-19(9-33-13(3)27)40-26(25(39-18(8)32)21(11)36-15(5)29)41-23-20(10-34-14(4)28)35-12(2)22(37-16(6)30)24(23)38-17(7)31/h11-12,19-26H,9-10H2,1-8H3/t11-,12?,19?,20?,21+,22+,23+,24-,25?,26-/m0/s1. The highest BCUT2D eigenvalue weighted by molar-refractivity contribution is 5.68. The fraction of sp³-hybridized carbons (Fsp3) is 0.769. The number of carbonyl (C=O) groups is 6. The van der Waals surface area contributed by atoms with E-state index >= 15 is 0 Å². The van der Waals surface area contributed by atoms with Gasteiger partial charge < -0.3 is 42.6 Å². The minimum Gasteiger partial charge on any atom is -0.463 e. The molecule has 41 heavy (non-hydrogen) atoms. The molecule has 0 radical (unpaired) electrons. The van der Waals surface area contributed by atoms with Crippen molar-refractivity contribution in [3.8, 4) is 0 Å². The van der Waals surface area contributed by atoms with Gasteiger partial charge in [0.1, 0.15) is 37.6 Å². The maximum atomic E-state index is 12.1. The Morgan fingerprint density at radius 3 is 1.44 bits per heavy atom. The molecule has 2 aliphatic heterocycles. The monoisotopic (exact) mass is 590 g/mol. The van der Waals surface area contributed by atoms with Gasteiger partial charge in [-0.15, -0.1) is 0 Å². The Balaban J connectivity index is 2.57. The molecule has 232 valence electrons. The second-order valence-corrected chi connectivity index (χ2v) is 9.78. The van der Waals surface area contributed by atoms with E-state index in [0.29, 0.717) is 0 Å². The Bertz CT molecular complexity index is 980. The van der Waals surface area contributed by atoms with E-state index in [2.05, 4.69) is 0 Å². The van der Waals surface area contributed by atoms with Crippen molar-refractivity contribution in [3.63, 3.8) is 0 Å². The molecule has 0 saturated carbocycles. The molecule has 2 aliphatic rings. The summed E-state index contributed by atoms with van der Waals surface area (Å²) < 4.78 is 50.4. The van der Waals surface area contributed by atoms with Crippen molar-refractivity contribution in [2.45, 2.75) is 111 Å². The topological polar surface area (TPSA) is 185 Å². The third-order valence-electron chi connectivity index (χ3n) is 6.27. The zero-order valence-corrected chi connectivity index (χ0v) is 24.3. The quantitative estimate of drug-likeness (QED) is 0.251. The van der Waals surface area contributed by atoms with Crippen LogP contribution in [0, 0.1) is 5.92 Å². The molecular weight excluding hydrogens is 552 g/mol. The van der Waals surface area contributed by atoms with Gasteiger partial charge in [-0.1, -0.05) is 6.92 Å². The molecule has 2 fully saturated rings. The van der Waals surface area contributed by atoms with Crippen molar-refractivity contribution in [3.05, 3.63) is 0 Å². The van der Waals surface area contributed by atoms with Crippen LogP contribution in [-0.2, 0) is 71.4 Å². The summed E-state index contributed by atoms with van der Waals surface area (Å²) in [5.74, 6) is -4.78. The molecule has 0 amide bonds. The van der Waals surface area contributed by atoms with Gasteiger partial charge in [-0.3, -0.25) is 28.8 Å². The first-order valence-corrected chi connectivity index (χ1v) is 13.0. The van der Waals surface area contributed by atoms with E-state index < -0.39 is 96.9 Å². The van der Waals surface area contributed by atoms with Gasteiger partial charge in [-0.2, -0.15) is 0 Å². The van der Waals surface area contributed by atoms with Gasteiger partial charge in [0.25, 0.3) is 0 Å². The molecule has 2 heterocycles. The average Bonchev–Trinajstić information content (AvgIpc) is 2.83. The van der Waals surface area contributed by atoms with Crippen molar-refractivity contribution in [2.75, 3.05) is 13.2 Å². The summed E-state index contributed by atoms with van der Waals surface area (Å²) in [6.07, 6.45) is -10.6. The molecule has 4 unspecified atom stereocenters. The Kier molecular flexibility index (Phi) is 12.5. The largest absolute Gasteiger partial charge is 0.463 e. The number of carbonyl (C=O) groups excluding carboxylic acids is 6. The van der Waals surface area contributed by atoms with Crippen LogP contribution in [0.3, 0.4) is 0 Å². The SMILES string of the molecule is CC(=O)OCC1OC(C)[C@@H](OC(C)=O)[C@H](OC(C)=O)[C@@H]1O[C@@H]1OC(COC(C)=O)[C@H](C)[C@@H](OC(C)=O)C1OC(C)=O. The molecule has 0 aromatic carbocycles. The van der Waals surface area contributed by atoms with Crippen LogP contribution in [0.15, 0.2) is 0 Å². The van der Waals surface area contributed by atoms with Gasteiger partial charge in [0.05, 0.1) is 6.10 Å². The number of hydrogen-bond donors (Lipinski definition) is 0. The zero-order chi connectivity index (χ0) is 31.0. The molecule has 0 aromatic rings. The molecule has 0 aromatic heterocycles. The average molecular weight is 591 g/mol. The van der Waals surface area contributed by atoms with Gasteiger partial charge >= 0.3 is 35.8 Å². The summed E-state index contributed by atoms with van der Waals surface area (Å²) in [5, 5.41) is 0. The van der Waals surface area contributed by atoms with Crippen LogP contribution < -0.4 is 0 Å². The van der Waals surface area contributed by atoms with Gasteiger partial charge in [0, 0.05) is 47.5 Å². The van der Waals surface area contributed by atoms with Crippen molar-refractivity contribution in [1.82, 2.24) is 0 Å². The van der Waals surface area contributed by atoms with Crippen LogP contribution in [-0.4, -0.2) is 104 Å². The fourth-order valence-corrected chi connectivity index (χ4v) is 4.65. The highest BCUT2D eigenvalue weighted by Crippen LogP contribution is 2.36. The van der Waals surface area contributed by atoms with Crippen LogP contribution in [0.2, 0.25) is 0 Å². The van der Waals surface area contributed by atoms with Crippen molar-refractivity contribution >= 4 is 35.8 Å². The van der Waals surface area contributed by atoms with Crippen molar-refractivity contribution in [2.24, 2.45) is 5.92 Å². The lowest BCUT2D eigenvalue weighted by Gasteiger charge is -2.48. The van der Waals surface area contributed by atoms with Crippen LogP contribution in [0.4, 0.5) is 0 Å². The lowest BCUT2D eigenvalue weighted by Crippen LogP contribution is -2.65. The molecule has 2 rings (SSSR count). The van der Waals surface area contributed by atoms with E-state index in [9.17, 15) is 28.8 Å². The second kappa shape index (κ2) is 15.1. The molecule has 15 heteroatoms. The number of rotatable bonds is 10. The van der Waals surface area contributed by atoms with E-state index in [0.717, 1.165) is 27.7 Å². The highest BCUT2D eigenvalue weighted by atomic mass is 16.7. The number of hydrogen-bond acceptors (Lipinski definition) is 15. The predicted molar refractivity (Wildman–Crippen MR) is 133 cm³/mol. The zero-order valence-electron chi connectivity index (χ0n) is 24.3. The van der Waals surface area contributed by atoms with Gasteiger partial charge in [0.2, 0.25) is 0 Å². The van der Waals surface area contributed by atoms with Crippen LogP contribution in [0.5, 0.6) is 0 Å². The lowest BCUT2D eigenvalue weighted by molar-refractivity contribution is -0.337. The first-order valence-electron chi connectivity index (χ1n) is 13.0. The van der Waals surface area contributed by atoms with Crippen LogP contribution in [0.25, 0.3) is 0 Å². The van der Waals surface area contributed by atoms with Crippen LogP contribution >= 0.6 is 0 Å². The summed E-state index contributed by atoms with van der Waals surface area (Å²) in [6.45, 7) is 9.54. The van der Waals surface area contributed by atoms with Gasteiger partial charge in [0.15, 0.2) is 24.6 Å². The lowest BCUT2D eigenvalue weighted by atomic mass is 9.90. The first-order chi connectivity index (χ1) is 19.1. The minimum atomic E-state index is -1.52. The molecule has 15 nitrogen and oxygen atoms in total. The van der Waals surface area contributed by atoms with Crippen molar-refractivity contribution < 1.29 is 71.4 Å². The van der Waals surface area contributed by atoms with Gasteiger partial charge in [-0.25, -0.2) is 0 Å². The third-order valence-corrected chi connectivity index (χ3v) is 6.27. The molecule has 2 saturated heterocycles. The van der Waals surface area contributed by atoms with E-state index in [-0.39, 0.29) is 13.2 Å². The molecule has 0 spiro atoms. The van der Waals surface area contributed by atoms with Crippen LogP contribution in [0.1, 0.15) is 55.4 Å². The Labute approximate surface area is 237 Å². The Hall–Kier alpha value is -3.30. The van der Waals surface area contributed by atoms with E-state index in [1.165, 1.54) is 13.8 Å². The highest BCUT2D eigenvalue weighted by Gasteiger charge is 2.55. The second-order valence-electron chi connectivity index (χ2n) is 9.78. The predicted octanol–water partition coefficient (Wildman–Crippen LogP) is 0.373. The fourth-order valence-electron chi connectivity index (χ4n) is 4.65. The van der Waals surface area contributed by atoms with E-state index in [1.54, 1.807) is 13.8 Å². The molecule has 0 aliphatic carbocycles. The Morgan fingerprint density at radius 2 is 0.951 bits per heavy atom. The number of ether oxygens (including phenoxy) is 9. The summed E-state index contributed by atoms with van der Waals surface area (Å²) in [6, 6.07) is 0. The first kappa shape index (κ1) is 33.9. The maximum Gasteiger partial charge on any atom is 0.303 e. The van der Waals surface area contributed by atoms with Crippen molar-refractivity contribution in [1.29, 1.82) is 0 Å². The summed E-state index contributed by atoms with van der Waals surface area (Å²) in [5.41, 5.74) is 0. The normalized spacial score (nSPS) is 33.1. The summed E-state index contributed by atoms with van der Waals surface area (Å²) >= 11 is 0. The van der Waals surface area contributed by atoms with E-state index in [1.807, 2.05) is 0 Å². The smallest absolute Gasteiger partial charge is 0.303 e. The van der Waals surface area contributed by atoms with Gasteiger partial charge in [-0.05, 0) is 6.92 Å². The Morgan fingerprint density at radius 1 is 0.512 bits per heavy atom. The maximum absolute atomic E-state index is 12.1. The molecule has 0 bridgehead atoms. The summed E-state index contributed by atoms with van der Waals surface area (Å²) in [7, 11) is 0. The third kappa shape index (κ3) is 9.93. The summed E-state index contributed by atoms with van der Waals surface area (Å²) in [4.78, 5) is 71.3. The number of esters is 6. The molecule has 10 atom stereocenters. The minimum absolute atomic E-state index is 0.264.